The fraction of sp³-hybridized carbons (Fsp3) is 0.222. The number of rotatable bonds is 5. The number of nitrogens with one attached hydrogen (secondary N) is 2. The summed E-state index contributed by atoms with van der Waals surface area (Å²) >= 11 is 0. The van der Waals surface area contributed by atoms with Crippen molar-refractivity contribution in [1.29, 1.82) is 0 Å². The lowest BCUT2D eigenvalue weighted by molar-refractivity contribution is -0.136. The summed E-state index contributed by atoms with van der Waals surface area (Å²) in [6.45, 7) is 0.249. The molecule has 2 N–H and O–H groups in total. The summed E-state index contributed by atoms with van der Waals surface area (Å²) in [5, 5.41) is 5.23. The third-order valence-corrected chi connectivity index (χ3v) is 3.43. The van der Waals surface area contributed by atoms with E-state index in [9.17, 15) is 9.59 Å². The molecule has 0 aromatic heterocycles. The minimum atomic E-state index is -0.702. The van der Waals surface area contributed by atoms with E-state index in [-0.39, 0.29) is 6.54 Å². The van der Waals surface area contributed by atoms with Crippen molar-refractivity contribution in [3.63, 3.8) is 0 Å². The number of amides is 2. The first-order valence-corrected chi connectivity index (χ1v) is 7.49. The Morgan fingerprint density at radius 1 is 1.04 bits per heavy atom. The van der Waals surface area contributed by atoms with Crippen LogP contribution in [-0.2, 0) is 16.1 Å². The molecule has 2 amide bonds. The molecule has 0 saturated carbocycles. The standard InChI is InChI=1S/C18H21N3O3/c1-21(2)16-10-5-4-9-15(16)20-18(23)17(22)19-12-13-7-6-8-14(11-13)24-3/h4-11H,12H2,1-3H3,(H,19,22)(H,20,23). The van der Waals surface area contributed by atoms with Gasteiger partial charge >= 0.3 is 11.8 Å². The molecule has 0 radical (unpaired) electrons. The Morgan fingerprint density at radius 3 is 2.50 bits per heavy atom. The number of hydrogen-bond donors (Lipinski definition) is 2. The first-order valence-electron chi connectivity index (χ1n) is 7.49. The number of ether oxygens (including phenoxy) is 1. The summed E-state index contributed by atoms with van der Waals surface area (Å²) in [6.07, 6.45) is 0. The average molecular weight is 327 g/mol. The molecule has 24 heavy (non-hydrogen) atoms. The largest absolute Gasteiger partial charge is 0.497 e. The van der Waals surface area contributed by atoms with Crippen LogP contribution in [-0.4, -0.2) is 33.0 Å². The van der Waals surface area contributed by atoms with Gasteiger partial charge in [-0.05, 0) is 29.8 Å². The molecule has 2 aromatic rings. The van der Waals surface area contributed by atoms with E-state index < -0.39 is 11.8 Å². The van der Waals surface area contributed by atoms with Crippen molar-refractivity contribution in [3.8, 4) is 5.75 Å². The fourth-order valence-corrected chi connectivity index (χ4v) is 2.19. The highest BCUT2D eigenvalue weighted by Gasteiger charge is 2.15. The highest BCUT2D eigenvalue weighted by molar-refractivity contribution is 6.39. The summed E-state index contributed by atoms with van der Waals surface area (Å²) in [4.78, 5) is 25.9. The smallest absolute Gasteiger partial charge is 0.313 e. The molecular weight excluding hydrogens is 306 g/mol. The van der Waals surface area contributed by atoms with Crippen molar-refractivity contribution >= 4 is 23.2 Å². The van der Waals surface area contributed by atoms with Crippen LogP contribution in [0.5, 0.6) is 5.75 Å². The fourth-order valence-electron chi connectivity index (χ4n) is 2.19. The number of nitrogens with zero attached hydrogens (tertiary/aromatic N) is 1. The second-order valence-corrected chi connectivity index (χ2v) is 5.40. The minimum absolute atomic E-state index is 0.249. The van der Waals surface area contributed by atoms with Crippen LogP contribution in [0.3, 0.4) is 0 Å². The number of carbonyl (C=O) groups excluding carboxylic acids is 2. The van der Waals surface area contributed by atoms with Gasteiger partial charge in [-0.25, -0.2) is 0 Å². The molecule has 0 aliphatic carbocycles. The topological polar surface area (TPSA) is 70.7 Å². The molecule has 0 aliphatic rings. The highest BCUT2D eigenvalue weighted by Crippen LogP contribution is 2.23. The lowest BCUT2D eigenvalue weighted by atomic mass is 10.2. The van der Waals surface area contributed by atoms with Crippen LogP contribution in [0, 0.1) is 0 Å². The van der Waals surface area contributed by atoms with Crippen molar-refractivity contribution in [2.75, 3.05) is 31.4 Å². The molecule has 0 fully saturated rings. The van der Waals surface area contributed by atoms with Gasteiger partial charge in [0.15, 0.2) is 0 Å². The van der Waals surface area contributed by atoms with Crippen molar-refractivity contribution in [3.05, 3.63) is 54.1 Å². The Kier molecular flexibility index (Phi) is 5.78. The maximum absolute atomic E-state index is 12.1. The number of para-hydroxylation sites is 2. The molecule has 0 atom stereocenters. The van der Waals surface area contributed by atoms with E-state index in [0.717, 1.165) is 11.3 Å². The number of methoxy groups -OCH3 is 1. The van der Waals surface area contributed by atoms with Crippen molar-refractivity contribution in [2.45, 2.75) is 6.54 Å². The summed E-state index contributed by atoms with van der Waals surface area (Å²) in [6, 6.07) is 14.6. The maximum atomic E-state index is 12.1. The molecule has 2 aromatic carbocycles. The zero-order valence-electron chi connectivity index (χ0n) is 14.0. The van der Waals surface area contributed by atoms with Gasteiger partial charge in [0.1, 0.15) is 5.75 Å². The number of carbonyl (C=O) groups is 2. The van der Waals surface area contributed by atoms with E-state index in [0.29, 0.717) is 11.4 Å². The van der Waals surface area contributed by atoms with E-state index in [2.05, 4.69) is 10.6 Å². The lowest BCUT2D eigenvalue weighted by Gasteiger charge is -2.17. The first kappa shape index (κ1) is 17.3. The van der Waals surface area contributed by atoms with Crippen LogP contribution in [0.4, 0.5) is 11.4 Å². The minimum Gasteiger partial charge on any atom is -0.497 e. The molecule has 0 heterocycles. The highest BCUT2D eigenvalue weighted by atomic mass is 16.5. The monoisotopic (exact) mass is 327 g/mol. The molecule has 126 valence electrons. The normalized spacial score (nSPS) is 9.96. The van der Waals surface area contributed by atoms with E-state index in [1.807, 2.05) is 49.3 Å². The number of hydrogen-bond acceptors (Lipinski definition) is 4. The van der Waals surface area contributed by atoms with Gasteiger partial charge in [-0.15, -0.1) is 0 Å². The molecule has 6 nitrogen and oxygen atoms in total. The number of anilines is 2. The van der Waals surface area contributed by atoms with Gasteiger partial charge in [0.25, 0.3) is 0 Å². The molecular formula is C18H21N3O3. The average Bonchev–Trinajstić information content (AvgIpc) is 2.60. The Balaban J connectivity index is 1.96. The van der Waals surface area contributed by atoms with Gasteiger partial charge in [-0.1, -0.05) is 24.3 Å². The van der Waals surface area contributed by atoms with E-state index in [1.165, 1.54) is 0 Å². The molecule has 0 unspecified atom stereocenters. The third-order valence-electron chi connectivity index (χ3n) is 3.43. The van der Waals surface area contributed by atoms with E-state index >= 15 is 0 Å². The zero-order chi connectivity index (χ0) is 17.5. The van der Waals surface area contributed by atoms with Gasteiger partial charge in [-0.3, -0.25) is 9.59 Å². The van der Waals surface area contributed by atoms with Crippen LogP contribution in [0.25, 0.3) is 0 Å². The molecule has 0 bridgehead atoms. The molecule has 2 rings (SSSR count). The molecule has 6 heteroatoms. The maximum Gasteiger partial charge on any atom is 0.313 e. The van der Waals surface area contributed by atoms with Crippen LogP contribution < -0.4 is 20.3 Å². The SMILES string of the molecule is COc1cccc(CNC(=O)C(=O)Nc2ccccc2N(C)C)c1. The van der Waals surface area contributed by atoms with Gasteiger partial charge in [0.2, 0.25) is 0 Å². The second kappa shape index (κ2) is 8.01. The van der Waals surface area contributed by atoms with Crippen molar-refractivity contribution in [2.24, 2.45) is 0 Å². The van der Waals surface area contributed by atoms with Gasteiger partial charge < -0.3 is 20.3 Å². The summed E-state index contributed by atoms with van der Waals surface area (Å²) < 4.78 is 5.13. The van der Waals surface area contributed by atoms with E-state index in [1.54, 1.807) is 25.3 Å². The molecule has 0 spiro atoms. The predicted molar refractivity (Wildman–Crippen MR) is 94.2 cm³/mol. The van der Waals surface area contributed by atoms with Gasteiger partial charge in [0, 0.05) is 20.6 Å². The molecule has 0 saturated heterocycles. The van der Waals surface area contributed by atoms with Crippen LogP contribution in [0.15, 0.2) is 48.5 Å². The summed E-state index contributed by atoms with van der Waals surface area (Å²) in [5.41, 5.74) is 2.26. The lowest BCUT2D eigenvalue weighted by Crippen LogP contribution is -2.35. The summed E-state index contributed by atoms with van der Waals surface area (Å²) in [5.74, 6) is -0.690. The second-order valence-electron chi connectivity index (χ2n) is 5.40. The Bertz CT molecular complexity index is 729. The number of benzene rings is 2. The third kappa shape index (κ3) is 4.49. The van der Waals surface area contributed by atoms with Crippen molar-refractivity contribution in [1.82, 2.24) is 5.32 Å². The predicted octanol–water partition coefficient (Wildman–Crippen LogP) is 2.02. The Morgan fingerprint density at radius 2 is 1.79 bits per heavy atom. The first-order chi connectivity index (χ1) is 11.5. The van der Waals surface area contributed by atoms with Gasteiger partial charge in [-0.2, -0.15) is 0 Å². The molecule has 0 aliphatic heterocycles. The van der Waals surface area contributed by atoms with Gasteiger partial charge in [0.05, 0.1) is 18.5 Å². The Labute approximate surface area is 141 Å². The quantitative estimate of drug-likeness (QED) is 0.824. The van der Waals surface area contributed by atoms with Crippen LogP contribution in [0.2, 0.25) is 0 Å². The van der Waals surface area contributed by atoms with Crippen molar-refractivity contribution < 1.29 is 14.3 Å². The van der Waals surface area contributed by atoms with E-state index in [4.69, 9.17) is 4.74 Å². The zero-order valence-corrected chi connectivity index (χ0v) is 14.0. The van der Waals surface area contributed by atoms with Crippen LogP contribution >= 0.6 is 0 Å². The van der Waals surface area contributed by atoms with Crippen LogP contribution in [0.1, 0.15) is 5.56 Å². The Hall–Kier alpha value is -3.02. The summed E-state index contributed by atoms with van der Waals surface area (Å²) in [7, 11) is 5.31.